The van der Waals surface area contributed by atoms with Crippen molar-refractivity contribution in [3.63, 3.8) is 0 Å². The van der Waals surface area contributed by atoms with Crippen molar-refractivity contribution in [1.82, 2.24) is 5.32 Å². The number of hydrogen-bond acceptors (Lipinski definition) is 5. The lowest BCUT2D eigenvalue weighted by atomic mass is 10.0. The first-order chi connectivity index (χ1) is 16.4. The molecule has 7 nitrogen and oxygen atoms in total. The molecule has 8 heteroatoms. The third-order valence-corrected chi connectivity index (χ3v) is 5.87. The molecule has 0 spiro atoms. The number of benzene rings is 3. The first-order valence-electron chi connectivity index (χ1n) is 10.9. The number of amides is 1. The zero-order valence-electron chi connectivity index (χ0n) is 18.5. The minimum absolute atomic E-state index is 0.168. The quantitative estimate of drug-likeness (QED) is 0.391. The zero-order valence-corrected chi connectivity index (χ0v) is 19.2. The van der Waals surface area contributed by atoms with Gasteiger partial charge < -0.3 is 24.6 Å². The number of halogens is 1. The number of fused-ring (bicyclic) bond motifs is 1. The van der Waals surface area contributed by atoms with Gasteiger partial charge in [0.2, 0.25) is 0 Å². The molecule has 3 aromatic rings. The van der Waals surface area contributed by atoms with E-state index in [9.17, 15) is 9.59 Å². The van der Waals surface area contributed by atoms with Gasteiger partial charge in [0.1, 0.15) is 23.4 Å². The fourth-order valence-electron chi connectivity index (χ4n) is 3.73. The lowest BCUT2D eigenvalue weighted by molar-refractivity contribution is 0.0326. The molecule has 3 aromatic carbocycles. The number of carboxylic acid groups (broad SMARTS) is 1. The molecule has 0 fully saturated rings. The van der Waals surface area contributed by atoms with Gasteiger partial charge in [-0.3, -0.25) is 4.79 Å². The van der Waals surface area contributed by atoms with Crippen LogP contribution < -0.4 is 14.8 Å². The summed E-state index contributed by atoms with van der Waals surface area (Å²) in [4.78, 5) is 23.5. The number of carbonyl (C=O) groups is 2. The molecule has 0 saturated carbocycles. The minimum Gasteiger partial charge on any atom is -0.493 e. The Bertz CT molecular complexity index is 1170. The van der Waals surface area contributed by atoms with Crippen LogP contribution >= 0.6 is 11.6 Å². The third kappa shape index (κ3) is 5.61. The first-order valence-corrected chi connectivity index (χ1v) is 11.3. The van der Waals surface area contributed by atoms with Gasteiger partial charge in [-0.05, 0) is 41.8 Å². The summed E-state index contributed by atoms with van der Waals surface area (Å²) in [5, 5.41) is 12.2. The summed E-state index contributed by atoms with van der Waals surface area (Å²) in [7, 11) is 0. The van der Waals surface area contributed by atoms with Crippen LogP contribution in [-0.2, 0) is 4.74 Å². The van der Waals surface area contributed by atoms with Gasteiger partial charge in [0.25, 0.3) is 5.91 Å². The molecule has 0 bridgehead atoms. The Balaban J connectivity index is 1.40. The molecular weight excluding hydrogens is 458 g/mol. The van der Waals surface area contributed by atoms with E-state index in [0.717, 1.165) is 0 Å². The maximum atomic E-state index is 12.5. The van der Waals surface area contributed by atoms with Crippen molar-refractivity contribution in [2.24, 2.45) is 0 Å². The van der Waals surface area contributed by atoms with Crippen LogP contribution in [0, 0.1) is 0 Å². The molecule has 4 rings (SSSR count). The topological polar surface area (TPSA) is 94.1 Å². The Morgan fingerprint density at radius 1 is 1.15 bits per heavy atom. The Kier molecular flexibility index (Phi) is 7.23. The normalized spacial score (nSPS) is 15.4. The van der Waals surface area contributed by atoms with E-state index in [1.165, 1.54) is 5.56 Å². The van der Waals surface area contributed by atoms with E-state index in [0.29, 0.717) is 53.0 Å². The SMILES string of the molecule is C[C@@H](CNC(=O)c1ccc(Oc2cc3c(cc2Cl)C(OC(=O)O)CCO3)cc1)c1ccccc1. The summed E-state index contributed by atoms with van der Waals surface area (Å²) < 4.78 is 16.4. The lowest BCUT2D eigenvalue weighted by Gasteiger charge is -2.25. The van der Waals surface area contributed by atoms with Crippen LogP contribution in [0.4, 0.5) is 4.79 Å². The molecule has 2 N–H and O–H groups in total. The molecule has 0 radical (unpaired) electrons. The van der Waals surface area contributed by atoms with E-state index >= 15 is 0 Å². The maximum Gasteiger partial charge on any atom is 0.506 e. The zero-order chi connectivity index (χ0) is 24.1. The molecule has 176 valence electrons. The van der Waals surface area contributed by atoms with Crippen molar-refractivity contribution < 1.29 is 28.9 Å². The Labute approximate surface area is 202 Å². The van der Waals surface area contributed by atoms with E-state index in [4.69, 9.17) is 30.9 Å². The maximum absolute atomic E-state index is 12.5. The molecule has 1 amide bonds. The van der Waals surface area contributed by atoms with Crippen LogP contribution in [-0.4, -0.2) is 30.3 Å². The molecule has 0 aliphatic carbocycles. The van der Waals surface area contributed by atoms with Crippen LogP contribution in [0.25, 0.3) is 0 Å². The van der Waals surface area contributed by atoms with Gasteiger partial charge in [-0.1, -0.05) is 48.9 Å². The molecular formula is C26H24ClNO6. The smallest absolute Gasteiger partial charge is 0.493 e. The fraction of sp³-hybridized carbons (Fsp3) is 0.231. The average Bonchev–Trinajstić information content (AvgIpc) is 2.84. The van der Waals surface area contributed by atoms with Crippen LogP contribution in [0.2, 0.25) is 5.02 Å². The minimum atomic E-state index is -1.35. The van der Waals surface area contributed by atoms with Crippen molar-refractivity contribution in [1.29, 1.82) is 0 Å². The largest absolute Gasteiger partial charge is 0.506 e. The fourth-order valence-corrected chi connectivity index (χ4v) is 3.94. The highest BCUT2D eigenvalue weighted by atomic mass is 35.5. The lowest BCUT2D eigenvalue weighted by Crippen LogP contribution is -2.27. The van der Waals surface area contributed by atoms with Crippen LogP contribution in [0.5, 0.6) is 17.2 Å². The monoisotopic (exact) mass is 481 g/mol. The van der Waals surface area contributed by atoms with E-state index < -0.39 is 12.3 Å². The second-order valence-electron chi connectivity index (χ2n) is 7.98. The first kappa shape index (κ1) is 23.4. The predicted octanol–water partition coefficient (Wildman–Crippen LogP) is 6.18. The van der Waals surface area contributed by atoms with Gasteiger partial charge in [0.15, 0.2) is 0 Å². The van der Waals surface area contributed by atoms with Crippen molar-refractivity contribution in [3.05, 3.63) is 88.4 Å². The highest BCUT2D eigenvalue weighted by Crippen LogP contribution is 2.42. The second-order valence-corrected chi connectivity index (χ2v) is 8.39. The average molecular weight is 482 g/mol. The summed E-state index contributed by atoms with van der Waals surface area (Å²) in [6.07, 6.45) is -1.59. The predicted molar refractivity (Wildman–Crippen MR) is 127 cm³/mol. The van der Waals surface area contributed by atoms with Crippen molar-refractivity contribution in [2.75, 3.05) is 13.2 Å². The Hall–Kier alpha value is -3.71. The molecule has 0 saturated heterocycles. The number of ether oxygens (including phenoxy) is 3. The van der Waals surface area contributed by atoms with Gasteiger partial charge in [-0.15, -0.1) is 0 Å². The van der Waals surface area contributed by atoms with Gasteiger partial charge in [-0.2, -0.15) is 0 Å². The van der Waals surface area contributed by atoms with Crippen molar-refractivity contribution in [3.8, 4) is 17.2 Å². The summed E-state index contributed by atoms with van der Waals surface area (Å²) in [5.41, 5.74) is 2.24. The van der Waals surface area contributed by atoms with E-state index in [1.807, 2.05) is 30.3 Å². The van der Waals surface area contributed by atoms with Gasteiger partial charge in [0, 0.05) is 30.2 Å². The highest BCUT2D eigenvalue weighted by Gasteiger charge is 2.27. The summed E-state index contributed by atoms with van der Waals surface area (Å²) in [6, 6.07) is 19.9. The Morgan fingerprint density at radius 3 is 2.59 bits per heavy atom. The molecule has 1 heterocycles. The third-order valence-electron chi connectivity index (χ3n) is 5.57. The highest BCUT2D eigenvalue weighted by molar-refractivity contribution is 6.32. The van der Waals surface area contributed by atoms with Crippen LogP contribution in [0.3, 0.4) is 0 Å². The molecule has 34 heavy (non-hydrogen) atoms. The van der Waals surface area contributed by atoms with Gasteiger partial charge >= 0.3 is 6.16 Å². The van der Waals surface area contributed by atoms with Crippen LogP contribution in [0.1, 0.15) is 46.9 Å². The summed E-state index contributed by atoms with van der Waals surface area (Å²) >= 11 is 6.37. The van der Waals surface area contributed by atoms with E-state index in [-0.39, 0.29) is 11.8 Å². The van der Waals surface area contributed by atoms with Gasteiger partial charge in [0.05, 0.1) is 11.6 Å². The molecule has 1 aliphatic rings. The number of hydrogen-bond donors (Lipinski definition) is 2. The number of nitrogens with one attached hydrogen (secondary N) is 1. The molecule has 1 aliphatic heterocycles. The molecule has 2 atom stereocenters. The van der Waals surface area contributed by atoms with Crippen molar-refractivity contribution >= 4 is 23.7 Å². The van der Waals surface area contributed by atoms with Gasteiger partial charge in [-0.25, -0.2) is 4.79 Å². The number of carbonyl (C=O) groups excluding carboxylic acids is 1. The van der Waals surface area contributed by atoms with E-state index in [1.54, 1.807) is 36.4 Å². The van der Waals surface area contributed by atoms with E-state index in [2.05, 4.69) is 12.2 Å². The molecule has 0 aromatic heterocycles. The summed E-state index contributed by atoms with van der Waals surface area (Å²) in [5.74, 6) is 1.33. The van der Waals surface area contributed by atoms with Crippen molar-refractivity contribution in [2.45, 2.75) is 25.4 Å². The number of rotatable bonds is 7. The summed E-state index contributed by atoms with van der Waals surface area (Å²) in [6.45, 7) is 2.91. The standard InChI is InChI=1S/C26H24ClNO6/c1-16(17-5-3-2-4-6-17)15-28-25(29)18-7-9-19(10-8-18)33-24-14-23-20(13-21(24)27)22(11-12-32-23)34-26(30)31/h2-10,13-14,16,22H,11-12,15H2,1H3,(H,28,29)(H,30,31)/t16-,22?/m0/s1. The van der Waals surface area contributed by atoms with Crippen LogP contribution in [0.15, 0.2) is 66.7 Å². The molecule has 1 unspecified atom stereocenters. The Morgan fingerprint density at radius 2 is 1.88 bits per heavy atom. The second kappa shape index (κ2) is 10.5.